The SMILES string of the molecule is CCCCN1CCCc2cc(C=O)ccc21. The molecule has 1 aliphatic heterocycles. The van der Waals surface area contributed by atoms with E-state index in [0.29, 0.717) is 0 Å². The van der Waals surface area contributed by atoms with Crippen molar-refractivity contribution in [3.8, 4) is 0 Å². The molecule has 0 saturated carbocycles. The van der Waals surface area contributed by atoms with Crippen molar-refractivity contribution in [3.63, 3.8) is 0 Å². The number of carbonyl (C=O) groups excluding carboxylic acids is 1. The van der Waals surface area contributed by atoms with E-state index in [4.69, 9.17) is 0 Å². The van der Waals surface area contributed by atoms with Crippen LogP contribution in [0.25, 0.3) is 0 Å². The van der Waals surface area contributed by atoms with Gasteiger partial charge in [-0.3, -0.25) is 4.79 Å². The van der Waals surface area contributed by atoms with Crippen LogP contribution in [-0.2, 0) is 6.42 Å². The molecule has 0 saturated heterocycles. The molecule has 2 heteroatoms. The highest BCUT2D eigenvalue weighted by molar-refractivity contribution is 5.77. The molecule has 1 aromatic rings. The van der Waals surface area contributed by atoms with E-state index in [1.165, 1.54) is 30.5 Å². The Morgan fingerprint density at radius 1 is 1.44 bits per heavy atom. The third-order valence-electron chi connectivity index (χ3n) is 3.24. The van der Waals surface area contributed by atoms with Crippen molar-refractivity contribution in [2.45, 2.75) is 32.6 Å². The summed E-state index contributed by atoms with van der Waals surface area (Å²) in [5.41, 5.74) is 3.48. The van der Waals surface area contributed by atoms with Gasteiger partial charge in [-0.25, -0.2) is 0 Å². The third-order valence-corrected chi connectivity index (χ3v) is 3.24. The Kier molecular flexibility index (Phi) is 3.60. The van der Waals surface area contributed by atoms with Gasteiger partial charge in [-0.05, 0) is 43.0 Å². The molecule has 0 radical (unpaired) electrons. The molecule has 2 rings (SSSR count). The quantitative estimate of drug-likeness (QED) is 0.722. The predicted molar refractivity (Wildman–Crippen MR) is 67.3 cm³/mol. The third kappa shape index (κ3) is 2.26. The minimum Gasteiger partial charge on any atom is -0.371 e. The largest absolute Gasteiger partial charge is 0.371 e. The van der Waals surface area contributed by atoms with E-state index in [1.807, 2.05) is 12.1 Å². The fourth-order valence-corrected chi connectivity index (χ4v) is 2.35. The smallest absolute Gasteiger partial charge is 0.150 e. The van der Waals surface area contributed by atoms with Gasteiger partial charge in [-0.1, -0.05) is 13.3 Å². The summed E-state index contributed by atoms with van der Waals surface area (Å²) in [7, 11) is 0. The molecule has 0 spiro atoms. The average Bonchev–Trinajstić information content (AvgIpc) is 2.35. The molecule has 1 heterocycles. The van der Waals surface area contributed by atoms with Gasteiger partial charge in [0, 0.05) is 24.3 Å². The first-order valence-electron chi connectivity index (χ1n) is 6.18. The number of benzene rings is 1. The van der Waals surface area contributed by atoms with Crippen LogP contribution in [0.5, 0.6) is 0 Å². The molecule has 0 aliphatic carbocycles. The number of unbranched alkanes of at least 4 members (excludes halogenated alkanes) is 1. The van der Waals surface area contributed by atoms with E-state index in [2.05, 4.69) is 17.9 Å². The standard InChI is InChI=1S/C14H19NO/c1-2-3-8-15-9-4-5-13-10-12(11-16)6-7-14(13)15/h6-7,10-11H,2-5,8-9H2,1H3. The number of nitrogens with zero attached hydrogens (tertiary/aromatic N) is 1. The summed E-state index contributed by atoms with van der Waals surface area (Å²) in [5, 5.41) is 0. The second-order valence-electron chi connectivity index (χ2n) is 4.45. The molecule has 2 nitrogen and oxygen atoms in total. The van der Waals surface area contributed by atoms with Crippen LogP contribution in [0.4, 0.5) is 5.69 Å². The van der Waals surface area contributed by atoms with Crippen molar-refractivity contribution in [2.75, 3.05) is 18.0 Å². The fourth-order valence-electron chi connectivity index (χ4n) is 2.35. The van der Waals surface area contributed by atoms with Gasteiger partial charge in [-0.2, -0.15) is 0 Å². The Balaban J connectivity index is 2.21. The van der Waals surface area contributed by atoms with Crippen LogP contribution in [0.15, 0.2) is 18.2 Å². The molecule has 0 fully saturated rings. The zero-order valence-electron chi connectivity index (χ0n) is 9.91. The number of hydrogen-bond acceptors (Lipinski definition) is 2. The monoisotopic (exact) mass is 217 g/mol. The second-order valence-corrected chi connectivity index (χ2v) is 4.45. The number of anilines is 1. The maximum atomic E-state index is 10.7. The maximum absolute atomic E-state index is 10.7. The Bertz CT molecular complexity index is 373. The highest BCUT2D eigenvalue weighted by atomic mass is 16.1. The second kappa shape index (κ2) is 5.15. The Labute approximate surface area is 97.3 Å². The number of rotatable bonds is 4. The predicted octanol–water partition coefficient (Wildman–Crippen LogP) is 3.05. The van der Waals surface area contributed by atoms with Gasteiger partial charge in [-0.15, -0.1) is 0 Å². The maximum Gasteiger partial charge on any atom is 0.150 e. The van der Waals surface area contributed by atoms with Crippen LogP contribution < -0.4 is 4.90 Å². The van der Waals surface area contributed by atoms with Crippen LogP contribution in [-0.4, -0.2) is 19.4 Å². The van der Waals surface area contributed by atoms with Gasteiger partial charge in [0.1, 0.15) is 6.29 Å². The van der Waals surface area contributed by atoms with Gasteiger partial charge in [0.15, 0.2) is 0 Å². The lowest BCUT2D eigenvalue weighted by Crippen LogP contribution is -2.30. The van der Waals surface area contributed by atoms with Gasteiger partial charge in [0.25, 0.3) is 0 Å². The first kappa shape index (κ1) is 11.2. The van der Waals surface area contributed by atoms with Crippen molar-refractivity contribution in [3.05, 3.63) is 29.3 Å². The van der Waals surface area contributed by atoms with Crippen molar-refractivity contribution in [2.24, 2.45) is 0 Å². The topological polar surface area (TPSA) is 20.3 Å². The lowest BCUT2D eigenvalue weighted by molar-refractivity contribution is 0.112. The molecule has 0 aromatic heterocycles. The number of carbonyl (C=O) groups is 1. The van der Waals surface area contributed by atoms with Crippen LogP contribution in [0.1, 0.15) is 42.1 Å². The number of fused-ring (bicyclic) bond motifs is 1. The first-order chi connectivity index (χ1) is 7.85. The lowest BCUT2D eigenvalue weighted by Gasteiger charge is -2.31. The lowest BCUT2D eigenvalue weighted by atomic mass is 9.99. The minimum atomic E-state index is 0.802. The van der Waals surface area contributed by atoms with Crippen molar-refractivity contribution >= 4 is 12.0 Å². The summed E-state index contributed by atoms with van der Waals surface area (Å²) in [6, 6.07) is 6.07. The zero-order chi connectivity index (χ0) is 11.4. The van der Waals surface area contributed by atoms with Crippen LogP contribution in [0.3, 0.4) is 0 Å². The van der Waals surface area contributed by atoms with Crippen molar-refractivity contribution < 1.29 is 4.79 Å². The van der Waals surface area contributed by atoms with Gasteiger partial charge < -0.3 is 4.90 Å². The highest BCUT2D eigenvalue weighted by Crippen LogP contribution is 2.27. The molecular formula is C14H19NO. The van der Waals surface area contributed by atoms with E-state index in [0.717, 1.165) is 31.4 Å². The molecule has 1 aliphatic rings. The number of aldehydes is 1. The molecule has 0 unspecified atom stereocenters. The Morgan fingerprint density at radius 3 is 3.06 bits per heavy atom. The summed E-state index contributed by atoms with van der Waals surface area (Å²) >= 11 is 0. The summed E-state index contributed by atoms with van der Waals surface area (Å²) in [5.74, 6) is 0. The minimum absolute atomic E-state index is 0.802. The molecule has 0 atom stereocenters. The summed E-state index contributed by atoms with van der Waals surface area (Å²) in [6.45, 7) is 4.53. The van der Waals surface area contributed by atoms with E-state index in [1.54, 1.807) is 0 Å². The van der Waals surface area contributed by atoms with E-state index in [-0.39, 0.29) is 0 Å². The van der Waals surface area contributed by atoms with Crippen LogP contribution in [0, 0.1) is 0 Å². The highest BCUT2D eigenvalue weighted by Gasteiger charge is 2.16. The number of aryl methyl sites for hydroxylation is 1. The molecule has 86 valence electrons. The zero-order valence-corrected chi connectivity index (χ0v) is 9.91. The average molecular weight is 217 g/mol. The molecule has 0 bridgehead atoms. The van der Waals surface area contributed by atoms with Crippen LogP contribution in [0.2, 0.25) is 0 Å². The Morgan fingerprint density at radius 2 is 2.31 bits per heavy atom. The van der Waals surface area contributed by atoms with Crippen molar-refractivity contribution in [1.29, 1.82) is 0 Å². The molecule has 1 aromatic carbocycles. The first-order valence-corrected chi connectivity index (χ1v) is 6.18. The molecule has 16 heavy (non-hydrogen) atoms. The normalized spacial score (nSPS) is 14.7. The van der Waals surface area contributed by atoms with Gasteiger partial charge >= 0.3 is 0 Å². The Hall–Kier alpha value is -1.31. The van der Waals surface area contributed by atoms with E-state index >= 15 is 0 Å². The molecular weight excluding hydrogens is 198 g/mol. The van der Waals surface area contributed by atoms with Gasteiger partial charge in [0.05, 0.1) is 0 Å². The van der Waals surface area contributed by atoms with Crippen LogP contribution >= 0.6 is 0 Å². The molecule has 0 N–H and O–H groups in total. The summed E-state index contributed by atoms with van der Waals surface area (Å²) in [6.07, 6.45) is 5.73. The van der Waals surface area contributed by atoms with E-state index in [9.17, 15) is 4.79 Å². The molecule has 0 amide bonds. The van der Waals surface area contributed by atoms with E-state index < -0.39 is 0 Å². The summed E-state index contributed by atoms with van der Waals surface area (Å²) in [4.78, 5) is 13.2. The fraction of sp³-hybridized carbons (Fsp3) is 0.500. The number of hydrogen-bond donors (Lipinski definition) is 0. The van der Waals surface area contributed by atoms with Crippen molar-refractivity contribution in [1.82, 2.24) is 0 Å². The van der Waals surface area contributed by atoms with Gasteiger partial charge in [0.2, 0.25) is 0 Å². The summed E-state index contributed by atoms with van der Waals surface area (Å²) < 4.78 is 0.